The molecule has 3 heteroatoms. The monoisotopic (exact) mass is 238 g/mol. The summed E-state index contributed by atoms with van der Waals surface area (Å²) >= 11 is 1.74. The van der Waals surface area contributed by atoms with E-state index in [4.69, 9.17) is 5.11 Å². The maximum absolute atomic E-state index is 10.8. The molecule has 0 aliphatic rings. The Kier molecular flexibility index (Phi) is 4.87. The van der Waals surface area contributed by atoms with E-state index in [-0.39, 0.29) is 6.42 Å². The van der Waals surface area contributed by atoms with Crippen LogP contribution in [0.4, 0.5) is 0 Å². The highest BCUT2D eigenvalue weighted by molar-refractivity contribution is 7.99. The van der Waals surface area contributed by atoms with Crippen LogP contribution < -0.4 is 0 Å². The second-order valence-corrected chi connectivity index (χ2v) is 5.45. The van der Waals surface area contributed by atoms with Crippen LogP contribution in [-0.2, 0) is 11.2 Å². The third kappa shape index (κ3) is 4.27. The Morgan fingerprint density at radius 3 is 2.69 bits per heavy atom. The van der Waals surface area contributed by atoms with Crippen molar-refractivity contribution in [1.82, 2.24) is 0 Å². The lowest BCUT2D eigenvalue weighted by molar-refractivity contribution is -0.136. The summed E-state index contributed by atoms with van der Waals surface area (Å²) in [5, 5.41) is 8.85. The molecule has 1 aromatic rings. The largest absolute Gasteiger partial charge is 0.481 e. The number of hydrogen-bond acceptors (Lipinski definition) is 2. The van der Waals surface area contributed by atoms with Crippen molar-refractivity contribution in [3.8, 4) is 0 Å². The van der Waals surface area contributed by atoms with Gasteiger partial charge < -0.3 is 5.11 Å². The molecule has 0 heterocycles. The Bertz CT molecular complexity index is 372. The molecule has 0 spiro atoms. The third-order valence-corrected chi connectivity index (χ3v) is 3.67. The highest BCUT2D eigenvalue weighted by atomic mass is 32.2. The molecule has 0 atom stereocenters. The van der Waals surface area contributed by atoms with E-state index in [1.54, 1.807) is 11.8 Å². The molecule has 0 aliphatic heterocycles. The zero-order chi connectivity index (χ0) is 12.1. The molecule has 0 radical (unpaired) electrons. The Morgan fingerprint density at radius 1 is 1.44 bits per heavy atom. The standard InChI is InChI=1S/C13H18O2S/c1-9(2)8-16-12-5-4-10(3)6-11(12)7-13(14)15/h4-6,9H,7-8H2,1-3H3,(H,14,15). The van der Waals surface area contributed by atoms with Gasteiger partial charge in [0.15, 0.2) is 0 Å². The molecule has 1 rings (SSSR count). The summed E-state index contributed by atoms with van der Waals surface area (Å²) in [4.78, 5) is 11.9. The van der Waals surface area contributed by atoms with Crippen LogP contribution in [-0.4, -0.2) is 16.8 Å². The van der Waals surface area contributed by atoms with Gasteiger partial charge in [0.2, 0.25) is 0 Å². The van der Waals surface area contributed by atoms with E-state index in [1.807, 2.05) is 25.1 Å². The van der Waals surface area contributed by atoms with Gasteiger partial charge in [-0.25, -0.2) is 0 Å². The normalized spacial score (nSPS) is 10.8. The number of carbonyl (C=O) groups is 1. The van der Waals surface area contributed by atoms with E-state index < -0.39 is 5.97 Å². The van der Waals surface area contributed by atoms with Gasteiger partial charge in [0.1, 0.15) is 0 Å². The summed E-state index contributed by atoms with van der Waals surface area (Å²) in [5.74, 6) is 0.872. The van der Waals surface area contributed by atoms with Crippen molar-refractivity contribution in [3.05, 3.63) is 29.3 Å². The van der Waals surface area contributed by atoms with Crippen LogP contribution >= 0.6 is 11.8 Å². The van der Waals surface area contributed by atoms with Crippen LogP contribution in [0.15, 0.2) is 23.1 Å². The number of carboxylic acid groups (broad SMARTS) is 1. The second kappa shape index (κ2) is 5.94. The molecule has 0 aromatic heterocycles. The fourth-order valence-corrected chi connectivity index (χ4v) is 2.40. The van der Waals surface area contributed by atoms with Crippen LogP contribution in [0.2, 0.25) is 0 Å². The van der Waals surface area contributed by atoms with E-state index >= 15 is 0 Å². The van der Waals surface area contributed by atoms with Crippen molar-refractivity contribution < 1.29 is 9.90 Å². The lowest BCUT2D eigenvalue weighted by atomic mass is 10.1. The molecule has 0 amide bonds. The Morgan fingerprint density at radius 2 is 2.12 bits per heavy atom. The molecule has 1 aromatic carbocycles. The summed E-state index contributed by atoms with van der Waals surface area (Å²) in [7, 11) is 0. The quantitative estimate of drug-likeness (QED) is 0.799. The molecule has 0 saturated heterocycles. The molecule has 0 aliphatic carbocycles. The van der Waals surface area contributed by atoms with E-state index in [0.29, 0.717) is 5.92 Å². The average molecular weight is 238 g/mol. The first-order valence-corrected chi connectivity index (χ1v) is 6.41. The van der Waals surface area contributed by atoms with Gasteiger partial charge in [0.25, 0.3) is 0 Å². The molecule has 0 saturated carbocycles. The Labute approximate surface area is 101 Å². The second-order valence-electron chi connectivity index (χ2n) is 4.39. The smallest absolute Gasteiger partial charge is 0.307 e. The average Bonchev–Trinajstić information content (AvgIpc) is 2.15. The number of thioether (sulfide) groups is 1. The molecular weight excluding hydrogens is 220 g/mol. The van der Waals surface area contributed by atoms with Gasteiger partial charge in [-0.3, -0.25) is 4.79 Å². The first kappa shape index (κ1) is 13.1. The van der Waals surface area contributed by atoms with Crippen LogP contribution in [0.1, 0.15) is 25.0 Å². The van der Waals surface area contributed by atoms with Crippen molar-refractivity contribution in [2.24, 2.45) is 5.92 Å². The molecule has 0 bridgehead atoms. The van der Waals surface area contributed by atoms with Gasteiger partial charge in [-0.2, -0.15) is 0 Å². The van der Waals surface area contributed by atoms with Gasteiger partial charge in [0, 0.05) is 10.6 Å². The predicted molar refractivity (Wildman–Crippen MR) is 68.1 cm³/mol. The summed E-state index contributed by atoms with van der Waals surface area (Å²) < 4.78 is 0. The fraction of sp³-hybridized carbons (Fsp3) is 0.462. The van der Waals surface area contributed by atoms with Crippen LogP contribution in [0.5, 0.6) is 0 Å². The minimum absolute atomic E-state index is 0.113. The van der Waals surface area contributed by atoms with Crippen molar-refractivity contribution in [2.45, 2.75) is 32.1 Å². The van der Waals surface area contributed by atoms with Crippen LogP contribution in [0.3, 0.4) is 0 Å². The topological polar surface area (TPSA) is 37.3 Å². The van der Waals surface area contributed by atoms with Crippen LogP contribution in [0, 0.1) is 12.8 Å². The zero-order valence-electron chi connectivity index (χ0n) is 9.99. The van der Waals surface area contributed by atoms with Crippen molar-refractivity contribution in [1.29, 1.82) is 0 Å². The summed E-state index contributed by atoms with van der Waals surface area (Å²) in [5.41, 5.74) is 2.04. The molecule has 88 valence electrons. The summed E-state index contributed by atoms with van der Waals surface area (Å²) in [6.45, 7) is 6.32. The number of aliphatic carboxylic acids is 1. The summed E-state index contributed by atoms with van der Waals surface area (Å²) in [6.07, 6.45) is 0.113. The molecule has 16 heavy (non-hydrogen) atoms. The number of carboxylic acids is 1. The van der Waals surface area contributed by atoms with E-state index in [1.165, 1.54) is 0 Å². The third-order valence-electron chi connectivity index (χ3n) is 2.13. The molecule has 1 N–H and O–H groups in total. The van der Waals surface area contributed by atoms with Gasteiger partial charge in [-0.1, -0.05) is 31.5 Å². The van der Waals surface area contributed by atoms with E-state index in [9.17, 15) is 4.79 Å². The van der Waals surface area contributed by atoms with Gasteiger partial charge >= 0.3 is 5.97 Å². The predicted octanol–water partition coefficient (Wildman–Crippen LogP) is 3.37. The number of aryl methyl sites for hydroxylation is 1. The first-order chi connectivity index (χ1) is 7.49. The van der Waals surface area contributed by atoms with E-state index in [0.717, 1.165) is 21.8 Å². The van der Waals surface area contributed by atoms with Crippen molar-refractivity contribution in [2.75, 3.05) is 5.75 Å². The van der Waals surface area contributed by atoms with E-state index in [2.05, 4.69) is 13.8 Å². The number of benzene rings is 1. The maximum Gasteiger partial charge on any atom is 0.307 e. The molecule has 2 nitrogen and oxygen atoms in total. The maximum atomic E-state index is 10.8. The zero-order valence-corrected chi connectivity index (χ0v) is 10.8. The van der Waals surface area contributed by atoms with Gasteiger partial charge in [0.05, 0.1) is 6.42 Å². The minimum atomic E-state index is -0.767. The highest BCUT2D eigenvalue weighted by Gasteiger charge is 2.08. The Hall–Kier alpha value is -0.960. The summed E-state index contributed by atoms with van der Waals surface area (Å²) in [6, 6.07) is 6.03. The Balaban J connectivity index is 2.84. The SMILES string of the molecule is Cc1ccc(SCC(C)C)c(CC(=O)O)c1. The molecule has 0 fully saturated rings. The van der Waals surface area contributed by atoms with Crippen molar-refractivity contribution in [3.63, 3.8) is 0 Å². The van der Waals surface area contributed by atoms with Crippen LogP contribution in [0.25, 0.3) is 0 Å². The minimum Gasteiger partial charge on any atom is -0.481 e. The van der Waals surface area contributed by atoms with Gasteiger partial charge in [-0.05, 0) is 24.5 Å². The number of rotatable bonds is 5. The van der Waals surface area contributed by atoms with Crippen molar-refractivity contribution >= 4 is 17.7 Å². The highest BCUT2D eigenvalue weighted by Crippen LogP contribution is 2.26. The lowest BCUT2D eigenvalue weighted by Gasteiger charge is -2.10. The molecule has 0 unspecified atom stereocenters. The number of hydrogen-bond donors (Lipinski definition) is 1. The fourth-order valence-electron chi connectivity index (χ4n) is 1.41. The van der Waals surface area contributed by atoms with Gasteiger partial charge in [-0.15, -0.1) is 11.8 Å². The lowest BCUT2D eigenvalue weighted by Crippen LogP contribution is -2.02. The first-order valence-electron chi connectivity index (χ1n) is 5.43. The molecular formula is C13H18O2S.